The third-order valence-corrected chi connectivity index (χ3v) is 10.3. The summed E-state index contributed by atoms with van der Waals surface area (Å²) in [5.74, 6) is 0. The summed E-state index contributed by atoms with van der Waals surface area (Å²) in [6.07, 6.45) is 1.87. The van der Waals surface area contributed by atoms with Gasteiger partial charge in [-0.25, -0.2) is 0 Å². The van der Waals surface area contributed by atoms with E-state index in [-0.39, 0.29) is 0 Å². The van der Waals surface area contributed by atoms with Gasteiger partial charge in [0.2, 0.25) is 0 Å². The number of nitrogens with two attached hydrogens (primary N) is 1. The molecule has 0 amide bonds. The molecule has 158 valence electrons. The van der Waals surface area contributed by atoms with Gasteiger partial charge in [0.25, 0.3) is 0 Å². The van der Waals surface area contributed by atoms with Crippen LogP contribution in [-0.4, -0.2) is 77.7 Å². The fourth-order valence-corrected chi connectivity index (χ4v) is 7.63. The van der Waals surface area contributed by atoms with Crippen molar-refractivity contribution in [2.75, 3.05) is 60.2 Å². The molecule has 0 spiro atoms. The highest BCUT2D eigenvalue weighted by molar-refractivity contribution is 6.64. The summed E-state index contributed by atoms with van der Waals surface area (Å²) in [6.45, 7) is 10.9. The van der Waals surface area contributed by atoms with Crippen molar-refractivity contribution >= 4 is 17.5 Å². The van der Waals surface area contributed by atoms with Crippen molar-refractivity contribution in [2.24, 2.45) is 5.73 Å². The van der Waals surface area contributed by atoms with Gasteiger partial charge in [0, 0.05) is 59.2 Å². The van der Waals surface area contributed by atoms with Crippen LogP contribution in [0.4, 0.5) is 0 Å². The molecule has 0 aliphatic rings. The Morgan fingerprint density at radius 3 is 1.77 bits per heavy atom. The summed E-state index contributed by atoms with van der Waals surface area (Å²) >= 11 is 0. The summed E-state index contributed by atoms with van der Waals surface area (Å²) in [6, 6.07) is 1.66. The zero-order valence-electron chi connectivity index (χ0n) is 17.4. The van der Waals surface area contributed by atoms with Crippen LogP contribution in [0.5, 0.6) is 0 Å². The maximum absolute atomic E-state index is 5.89. The summed E-state index contributed by atoms with van der Waals surface area (Å²) in [5.41, 5.74) is 5.49. The van der Waals surface area contributed by atoms with Gasteiger partial charge in [0.15, 0.2) is 0 Å². The molecule has 0 bridgehead atoms. The van der Waals surface area contributed by atoms with Gasteiger partial charge in [-0.2, -0.15) is 0 Å². The fraction of sp³-hybridized carbons (Fsp3) is 1.00. The maximum Gasteiger partial charge on any atom is 0.500 e. The summed E-state index contributed by atoms with van der Waals surface area (Å²) in [5, 5.41) is 3.30. The van der Waals surface area contributed by atoms with Gasteiger partial charge in [-0.05, 0) is 46.7 Å². The molecule has 8 nitrogen and oxygen atoms in total. The molecular weight excluding hydrogens is 370 g/mol. The Morgan fingerprint density at radius 1 is 0.769 bits per heavy atom. The largest absolute Gasteiger partial charge is 0.500 e. The van der Waals surface area contributed by atoms with Crippen LogP contribution in [0.25, 0.3) is 0 Å². The monoisotopic (exact) mass is 411 g/mol. The van der Waals surface area contributed by atoms with Gasteiger partial charge < -0.3 is 33.2 Å². The molecular formula is C16H41N3O5Si2. The quantitative estimate of drug-likeness (QED) is 0.215. The third-order valence-electron chi connectivity index (χ3n) is 3.99. The average Bonchev–Trinajstić information content (AvgIpc) is 2.64. The molecule has 0 rings (SSSR count). The van der Waals surface area contributed by atoms with Gasteiger partial charge in [-0.1, -0.05) is 0 Å². The van der Waals surface area contributed by atoms with Crippen molar-refractivity contribution in [1.82, 2.24) is 10.3 Å². The first-order valence-electron chi connectivity index (χ1n) is 9.75. The second-order valence-corrected chi connectivity index (χ2v) is 11.7. The maximum atomic E-state index is 5.89. The SMILES string of the molecule is CCO[Si](CCCN[Si](CCCNCCN)(OC)OC)(OCC)OCC. The topological polar surface area (TPSA) is 96.2 Å². The highest BCUT2D eigenvalue weighted by atomic mass is 28.4. The Labute approximate surface area is 162 Å². The smallest absolute Gasteiger partial charge is 0.386 e. The lowest BCUT2D eigenvalue weighted by atomic mass is 10.5. The van der Waals surface area contributed by atoms with Crippen LogP contribution in [0.15, 0.2) is 0 Å². The molecule has 0 atom stereocenters. The zero-order valence-corrected chi connectivity index (χ0v) is 19.4. The predicted molar refractivity (Wildman–Crippen MR) is 109 cm³/mol. The van der Waals surface area contributed by atoms with Crippen molar-refractivity contribution in [3.05, 3.63) is 0 Å². The van der Waals surface area contributed by atoms with Crippen LogP contribution >= 0.6 is 0 Å². The minimum atomic E-state index is -2.58. The third kappa shape index (κ3) is 10.4. The van der Waals surface area contributed by atoms with E-state index in [1.54, 1.807) is 14.2 Å². The fourth-order valence-electron chi connectivity index (χ4n) is 2.78. The Hall–Kier alpha value is 0.114. The van der Waals surface area contributed by atoms with Crippen molar-refractivity contribution < 1.29 is 22.1 Å². The number of hydrogen-bond donors (Lipinski definition) is 3. The van der Waals surface area contributed by atoms with Crippen molar-refractivity contribution in [2.45, 2.75) is 45.7 Å². The highest BCUT2D eigenvalue weighted by Gasteiger charge is 2.40. The van der Waals surface area contributed by atoms with E-state index < -0.39 is 17.5 Å². The molecule has 0 heterocycles. The van der Waals surface area contributed by atoms with E-state index in [9.17, 15) is 0 Å². The van der Waals surface area contributed by atoms with E-state index in [0.29, 0.717) is 26.4 Å². The molecule has 0 saturated carbocycles. The second kappa shape index (κ2) is 16.1. The standard InChI is InChI=1S/C16H41N3O5Si2/c1-6-22-26(23-7-2,24-8-3)16-10-13-19-25(20-4,21-5)15-9-12-18-14-11-17/h18-19H,6-17H2,1-5H3. The Balaban J connectivity index is 4.45. The van der Waals surface area contributed by atoms with Crippen LogP contribution in [0.1, 0.15) is 33.6 Å². The van der Waals surface area contributed by atoms with E-state index in [1.807, 2.05) is 20.8 Å². The van der Waals surface area contributed by atoms with Crippen LogP contribution in [0.2, 0.25) is 12.1 Å². The van der Waals surface area contributed by atoms with E-state index in [1.165, 1.54) is 0 Å². The molecule has 0 aromatic heterocycles. The Morgan fingerprint density at radius 2 is 1.31 bits per heavy atom. The molecule has 0 unspecified atom stereocenters. The zero-order chi connectivity index (χ0) is 19.7. The summed E-state index contributed by atoms with van der Waals surface area (Å²) in [4.78, 5) is 3.52. The molecule has 0 aromatic rings. The van der Waals surface area contributed by atoms with Gasteiger partial charge in [-0.3, -0.25) is 4.98 Å². The molecule has 0 aromatic carbocycles. The normalized spacial score (nSPS) is 12.7. The summed E-state index contributed by atoms with van der Waals surface area (Å²) < 4.78 is 29.2. The molecule has 0 radical (unpaired) electrons. The first-order valence-corrected chi connectivity index (χ1v) is 13.7. The van der Waals surface area contributed by atoms with Crippen molar-refractivity contribution in [3.8, 4) is 0 Å². The average molecular weight is 412 g/mol. The first-order chi connectivity index (χ1) is 12.6. The minimum absolute atomic E-state index is 0.601. The van der Waals surface area contributed by atoms with Crippen LogP contribution in [0.3, 0.4) is 0 Å². The predicted octanol–water partition coefficient (Wildman–Crippen LogP) is 1.18. The second-order valence-electron chi connectivity index (χ2n) is 5.82. The molecule has 10 heteroatoms. The first kappa shape index (κ1) is 26.1. The Kier molecular flexibility index (Phi) is 16.2. The molecule has 0 aliphatic heterocycles. The molecule has 4 N–H and O–H groups in total. The van der Waals surface area contributed by atoms with Gasteiger partial charge in [0.1, 0.15) is 0 Å². The van der Waals surface area contributed by atoms with Gasteiger partial charge in [0.05, 0.1) is 0 Å². The summed E-state index contributed by atoms with van der Waals surface area (Å²) in [7, 11) is -1.53. The number of nitrogens with one attached hydrogen (secondary N) is 2. The lowest BCUT2D eigenvalue weighted by molar-refractivity contribution is 0.0708. The molecule has 26 heavy (non-hydrogen) atoms. The number of rotatable bonds is 19. The number of hydrogen-bond acceptors (Lipinski definition) is 8. The van der Waals surface area contributed by atoms with E-state index in [2.05, 4.69) is 10.3 Å². The lowest BCUT2D eigenvalue weighted by Crippen LogP contribution is -2.56. The Bertz CT molecular complexity index is 309. The van der Waals surface area contributed by atoms with Crippen LogP contribution in [-0.2, 0) is 22.1 Å². The van der Waals surface area contributed by atoms with Gasteiger partial charge >= 0.3 is 17.5 Å². The van der Waals surface area contributed by atoms with Gasteiger partial charge in [-0.15, -0.1) is 0 Å². The van der Waals surface area contributed by atoms with E-state index in [4.69, 9.17) is 27.9 Å². The van der Waals surface area contributed by atoms with Crippen molar-refractivity contribution in [1.29, 1.82) is 0 Å². The molecule has 0 fully saturated rings. The lowest BCUT2D eigenvalue weighted by Gasteiger charge is -2.30. The van der Waals surface area contributed by atoms with Crippen LogP contribution in [0, 0.1) is 0 Å². The molecule has 0 saturated heterocycles. The van der Waals surface area contributed by atoms with Crippen LogP contribution < -0.4 is 16.0 Å². The van der Waals surface area contributed by atoms with E-state index in [0.717, 1.165) is 44.6 Å². The van der Waals surface area contributed by atoms with Crippen molar-refractivity contribution in [3.63, 3.8) is 0 Å². The minimum Gasteiger partial charge on any atom is -0.386 e. The molecule has 0 aliphatic carbocycles. The van der Waals surface area contributed by atoms with E-state index >= 15 is 0 Å². The highest BCUT2D eigenvalue weighted by Crippen LogP contribution is 2.18.